The number of thiophene rings is 1. The SMILES string of the molecule is NCC1(c2nccc(-c3ccc(Br)s3)n2)COC1. The van der Waals surface area contributed by atoms with Gasteiger partial charge in [-0.2, -0.15) is 0 Å². The third-order valence-electron chi connectivity index (χ3n) is 3.10. The van der Waals surface area contributed by atoms with E-state index < -0.39 is 0 Å². The molecule has 0 aromatic carbocycles. The van der Waals surface area contributed by atoms with Crippen molar-refractivity contribution in [3.05, 3.63) is 34.0 Å². The van der Waals surface area contributed by atoms with Gasteiger partial charge < -0.3 is 10.5 Å². The van der Waals surface area contributed by atoms with E-state index >= 15 is 0 Å². The molecule has 0 bridgehead atoms. The van der Waals surface area contributed by atoms with Crippen molar-refractivity contribution in [3.8, 4) is 10.6 Å². The Bertz CT molecular complexity index is 562. The smallest absolute Gasteiger partial charge is 0.141 e. The summed E-state index contributed by atoms with van der Waals surface area (Å²) in [5.74, 6) is 0.790. The third-order valence-corrected chi connectivity index (χ3v) is 4.75. The van der Waals surface area contributed by atoms with Crippen molar-refractivity contribution in [2.24, 2.45) is 5.73 Å². The van der Waals surface area contributed by atoms with Gasteiger partial charge in [0.25, 0.3) is 0 Å². The molecular formula is C12H12BrN3OS. The van der Waals surface area contributed by atoms with Gasteiger partial charge >= 0.3 is 0 Å². The summed E-state index contributed by atoms with van der Waals surface area (Å²) in [5, 5.41) is 0. The Morgan fingerprint density at radius 3 is 2.78 bits per heavy atom. The molecule has 1 saturated heterocycles. The van der Waals surface area contributed by atoms with E-state index in [0.29, 0.717) is 19.8 Å². The molecule has 4 nitrogen and oxygen atoms in total. The first kappa shape index (κ1) is 12.2. The molecule has 3 heterocycles. The standard InChI is InChI=1S/C12H12BrN3OS/c13-10-2-1-9(18-10)8-3-4-15-11(16-8)12(5-14)6-17-7-12/h1-4H,5-7,14H2. The van der Waals surface area contributed by atoms with Gasteiger partial charge in [-0.05, 0) is 34.1 Å². The van der Waals surface area contributed by atoms with Crippen LogP contribution >= 0.6 is 27.3 Å². The molecule has 2 N–H and O–H groups in total. The number of ether oxygens (including phenoxy) is 1. The largest absolute Gasteiger partial charge is 0.379 e. The zero-order valence-corrected chi connectivity index (χ0v) is 12.0. The number of nitrogens with zero attached hydrogens (tertiary/aromatic N) is 2. The van der Waals surface area contributed by atoms with Gasteiger partial charge in [0.2, 0.25) is 0 Å². The number of rotatable bonds is 3. The fraction of sp³-hybridized carbons (Fsp3) is 0.333. The highest BCUT2D eigenvalue weighted by Gasteiger charge is 2.42. The summed E-state index contributed by atoms with van der Waals surface area (Å²) in [6.07, 6.45) is 1.79. The highest BCUT2D eigenvalue weighted by Crippen LogP contribution is 2.33. The van der Waals surface area contributed by atoms with Crippen LogP contribution in [0, 0.1) is 0 Å². The zero-order chi connectivity index (χ0) is 12.6. The van der Waals surface area contributed by atoms with Gasteiger partial charge in [-0.15, -0.1) is 11.3 Å². The van der Waals surface area contributed by atoms with Gasteiger partial charge in [0, 0.05) is 12.7 Å². The highest BCUT2D eigenvalue weighted by atomic mass is 79.9. The van der Waals surface area contributed by atoms with Gasteiger partial charge in [0.1, 0.15) is 5.82 Å². The predicted octanol–water partition coefficient (Wildman–Crippen LogP) is 2.19. The summed E-state index contributed by atoms with van der Waals surface area (Å²) in [6.45, 7) is 1.74. The van der Waals surface area contributed by atoms with E-state index in [1.807, 2.05) is 18.2 Å². The quantitative estimate of drug-likeness (QED) is 0.939. The Labute approximate surface area is 117 Å². The molecule has 1 aliphatic heterocycles. The average Bonchev–Trinajstić information content (AvgIpc) is 2.76. The summed E-state index contributed by atoms with van der Waals surface area (Å²) in [7, 11) is 0. The van der Waals surface area contributed by atoms with Crippen molar-refractivity contribution >= 4 is 27.3 Å². The maximum absolute atomic E-state index is 5.83. The minimum atomic E-state index is -0.190. The summed E-state index contributed by atoms with van der Waals surface area (Å²) in [4.78, 5) is 10.1. The predicted molar refractivity (Wildman–Crippen MR) is 74.6 cm³/mol. The molecule has 0 spiro atoms. The van der Waals surface area contributed by atoms with Crippen LogP contribution in [0.15, 0.2) is 28.2 Å². The number of hydrogen-bond donors (Lipinski definition) is 1. The van der Waals surface area contributed by atoms with Gasteiger partial charge in [-0.1, -0.05) is 0 Å². The van der Waals surface area contributed by atoms with Crippen molar-refractivity contribution in [1.29, 1.82) is 0 Å². The molecule has 0 aliphatic carbocycles. The summed E-state index contributed by atoms with van der Waals surface area (Å²) < 4.78 is 6.36. The Balaban J connectivity index is 1.99. The Kier molecular flexibility index (Phi) is 3.19. The molecule has 3 rings (SSSR count). The Hall–Kier alpha value is -0.820. The third kappa shape index (κ3) is 1.99. The van der Waals surface area contributed by atoms with Crippen LogP contribution in [-0.4, -0.2) is 29.7 Å². The second kappa shape index (κ2) is 4.70. The lowest BCUT2D eigenvalue weighted by atomic mass is 9.85. The van der Waals surface area contributed by atoms with E-state index in [1.165, 1.54) is 0 Å². The zero-order valence-electron chi connectivity index (χ0n) is 9.60. The van der Waals surface area contributed by atoms with Crippen LogP contribution in [0.2, 0.25) is 0 Å². The molecule has 6 heteroatoms. The Morgan fingerprint density at radius 2 is 2.22 bits per heavy atom. The van der Waals surface area contributed by atoms with Crippen LogP contribution in [0.3, 0.4) is 0 Å². The van der Waals surface area contributed by atoms with Crippen molar-refractivity contribution in [2.45, 2.75) is 5.41 Å². The van der Waals surface area contributed by atoms with Crippen molar-refractivity contribution in [1.82, 2.24) is 9.97 Å². The molecule has 18 heavy (non-hydrogen) atoms. The molecule has 1 aliphatic rings. The van der Waals surface area contributed by atoms with Crippen molar-refractivity contribution in [2.75, 3.05) is 19.8 Å². The van der Waals surface area contributed by atoms with Crippen LogP contribution in [0.25, 0.3) is 10.6 Å². The van der Waals surface area contributed by atoms with Crippen molar-refractivity contribution in [3.63, 3.8) is 0 Å². The molecule has 2 aromatic rings. The van der Waals surface area contributed by atoms with Gasteiger partial charge in [-0.3, -0.25) is 0 Å². The second-order valence-corrected chi connectivity index (χ2v) is 6.81. The maximum atomic E-state index is 5.83. The Morgan fingerprint density at radius 1 is 1.39 bits per heavy atom. The van der Waals surface area contributed by atoms with Crippen molar-refractivity contribution < 1.29 is 4.74 Å². The lowest BCUT2D eigenvalue weighted by molar-refractivity contribution is -0.0593. The first-order valence-electron chi connectivity index (χ1n) is 5.61. The minimum Gasteiger partial charge on any atom is -0.379 e. The fourth-order valence-electron chi connectivity index (χ4n) is 1.89. The molecule has 0 atom stereocenters. The van der Waals surface area contributed by atoms with E-state index in [-0.39, 0.29) is 5.41 Å². The van der Waals surface area contributed by atoms with Crippen LogP contribution in [0.5, 0.6) is 0 Å². The van der Waals surface area contributed by atoms with Gasteiger partial charge in [0.05, 0.1) is 33.0 Å². The number of nitrogens with two attached hydrogens (primary N) is 1. The first-order chi connectivity index (χ1) is 8.73. The average molecular weight is 326 g/mol. The molecule has 2 aromatic heterocycles. The molecule has 0 amide bonds. The lowest BCUT2D eigenvalue weighted by Gasteiger charge is -2.38. The fourth-order valence-corrected chi connectivity index (χ4v) is 3.25. The van der Waals surface area contributed by atoms with E-state index in [9.17, 15) is 0 Å². The molecule has 0 saturated carbocycles. The van der Waals surface area contributed by atoms with Gasteiger partial charge in [-0.25, -0.2) is 9.97 Å². The molecular weight excluding hydrogens is 314 g/mol. The van der Waals surface area contributed by atoms with E-state index in [2.05, 4.69) is 25.9 Å². The van der Waals surface area contributed by atoms with E-state index in [1.54, 1.807) is 17.5 Å². The van der Waals surface area contributed by atoms with E-state index in [0.717, 1.165) is 20.2 Å². The van der Waals surface area contributed by atoms with Gasteiger partial charge in [0.15, 0.2) is 0 Å². The van der Waals surface area contributed by atoms with E-state index in [4.69, 9.17) is 10.5 Å². The van der Waals surface area contributed by atoms with Crippen LogP contribution in [0.4, 0.5) is 0 Å². The second-order valence-electron chi connectivity index (χ2n) is 4.35. The van der Waals surface area contributed by atoms with Crippen LogP contribution in [-0.2, 0) is 10.2 Å². The molecule has 94 valence electrons. The molecule has 0 radical (unpaired) electrons. The summed E-state index contributed by atoms with van der Waals surface area (Å²) in [6, 6.07) is 5.99. The summed E-state index contributed by atoms with van der Waals surface area (Å²) in [5.41, 5.74) is 6.58. The summed E-state index contributed by atoms with van der Waals surface area (Å²) >= 11 is 5.12. The number of hydrogen-bond acceptors (Lipinski definition) is 5. The van der Waals surface area contributed by atoms with Crippen LogP contribution < -0.4 is 5.73 Å². The maximum Gasteiger partial charge on any atom is 0.141 e. The first-order valence-corrected chi connectivity index (χ1v) is 7.21. The number of halogens is 1. The number of aromatic nitrogens is 2. The minimum absolute atomic E-state index is 0.190. The topological polar surface area (TPSA) is 61.0 Å². The lowest BCUT2D eigenvalue weighted by Crippen LogP contribution is -2.53. The molecule has 1 fully saturated rings. The monoisotopic (exact) mass is 325 g/mol. The normalized spacial score (nSPS) is 17.4. The highest BCUT2D eigenvalue weighted by molar-refractivity contribution is 9.11. The molecule has 0 unspecified atom stereocenters. The van der Waals surface area contributed by atoms with Crippen LogP contribution in [0.1, 0.15) is 5.82 Å².